The first-order valence-corrected chi connectivity index (χ1v) is 10.3. The molecule has 2 fully saturated rings. The number of ether oxygens (including phenoxy) is 1. The zero-order valence-electron chi connectivity index (χ0n) is 17.4. The average Bonchev–Trinajstić information content (AvgIpc) is 2.98. The fraction of sp³-hybridized carbons (Fsp3) is 0.429. The van der Waals surface area contributed by atoms with E-state index in [1.807, 2.05) is 0 Å². The quantitative estimate of drug-likeness (QED) is 0.577. The SMILES string of the molecule is N=C1CCN(C[C@H]2O[C@@H](n3ccc(N)nc3=O)C(F)(F)[C@@H]2O)CC1C=Nc1cccc(F)c1. The van der Waals surface area contributed by atoms with Crippen molar-refractivity contribution in [3.05, 3.63) is 52.8 Å². The van der Waals surface area contributed by atoms with E-state index in [1.54, 1.807) is 11.0 Å². The molecule has 0 radical (unpaired) electrons. The number of benzene rings is 1. The number of likely N-dealkylation sites (tertiary alicyclic amines) is 1. The lowest BCUT2D eigenvalue weighted by molar-refractivity contribution is -0.140. The predicted octanol–water partition coefficient (Wildman–Crippen LogP) is 1.60. The van der Waals surface area contributed by atoms with Crippen LogP contribution in [0.1, 0.15) is 12.6 Å². The summed E-state index contributed by atoms with van der Waals surface area (Å²) in [6, 6.07) is 6.91. The monoisotopic (exact) mass is 464 g/mol. The van der Waals surface area contributed by atoms with Gasteiger partial charge in [-0.25, -0.2) is 9.18 Å². The van der Waals surface area contributed by atoms with Gasteiger partial charge in [-0.3, -0.25) is 14.5 Å². The van der Waals surface area contributed by atoms with Crippen molar-refractivity contribution in [2.75, 3.05) is 25.4 Å². The molecule has 4 N–H and O–H groups in total. The Hall–Kier alpha value is -3.09. The van der Waals surface area contributed by atoms with Gasteiger partial charge >= 0.3 is 11.6 Å². The van der Waals surface area contributed by atoms with Crippen LogP contribution < -0.4 is 11.4 Å². The lowest BCUT2D eigenvalue weighted by Gasteiger charge is -2.33. The van der Waals surface area contributed by atoms with Crippen LogP contribution in [0, 0.1) is 17.1 Å². The van der Waals surface area contributed by atoms with Crippen LogP contribution in [-0.4, -0.2) is 69.2 Å². The van der Waals surface area contributed by atoms with E-state index in [-0.39, 0.29) is 12.4 Å². The van der Waals surface area contributed by atoms with E-state index in [0.717, 1.165) is 6.20 Å². The minimum atomic E-state index is -3.73. The number of nitrogens with zero attached hydrogens (tertiary/aromatic N) is 4. The molecule has 0 amide bonds. The number of aromatic nitrogens is 2. The van der Waals surface area contributed by atoms with Gasteiger partial charge in [0, 0.05) is 43.7 Å². The number of nitrogens with two attached hydrogens (primary N) is 1. The first-order chi connectivity index (χ1) is 15.6. The molecule has 0 saturated carbocycles. The molecule has 1 aromatic heterocycles. The molecule has 3 heterocycles. The Labute approximate surface area is 186 Å². The third kappa shape index (κ3) is 4.82. The molecule has 1 aromatic carbocycles. The number of hydrogen-bond donors (Lipinski definition) is 3. The van der Waals surface area contributed by atoms with Crippen LogP contribution in [0.15, 0.2) is 46.3 Å². The Morgan fingerprint density at radius 3 is 2.91 bits per heavy atom. The highest BCUT2D eigenvalue weighted by Crippen LogP contribution is 2.42. The number of aliphatic hydroxyl groups excluding tert-OH is 1. The average molecular weight is 464 g/mol. The summed E-state index contributed by atoms with van der Waals surface area (Å²) in [4.78, 5) is 21.5. The number of piperidine rings is 1. The van der Waals surface area contributed by atoms with Crippen molar-refractivity contribution in [2.24, 2.45) is 10.9 Å². The summed E-state index contributed by atoms with van der Waals surface area (Å²) in [7, 11) is 0. The fourth-order valence-electron chi connectivity index (χ4n) is 3.96. The lowest BCUT2D eigenvalue weighted by Crippen LogP contribution is -2.48. The van der Waals surface area contributed by atoms with E-state index < -0.39 is 41.8 Å². The smallest absolute Gasteiger partial charge is 0.351 e. The Bertz CT molecular complexity index is 1120. The number of rotatable bonds is 5. The molecular weight excluding hydrogens is 441 g/mol. The minimum Gasteiger partial charge on any atom is -0.384 e. The Balaban J connectivity index is 1.45. The molecule has 4 rings (SSSR count). The van der Waals surface area contributed by atoms with E-state index in [1.165, 1.54) is 30.5 Å². The van der Waals surface area contributed by atoms with Crippen molar-refractivity contribution in [3.63, 3.8) is 0 Å². The van der Waals surface area contributed by atoms with Gasteiger partial charge < -0.3 is 21.0 Å². The van der Waals surface area contributed by atoms with Crippen LogP contribution in [0.2, 0.25) is 0 Å². The van der Waals surface area contributed by atoms with Gasteiger partial charge in [0.1, 0.15) is 23.8 Å². The van der Waals surface area contributed by atoms with Crippen LogP contribution in [0.4, 0.5) is 24.7 Å². The molecule has 1 unspecified atom stereocenters. The van der Waals surface area contributed by atoms with E-state index in [4.69, 9.17) is 15.9 Å². The highest BCUT2D eigenvalue weighted by molar-refractivity contribution is 5.98. The zero-order chi connectivity index (χ0) is 23.8. The van der Waals surface area contributed by atoms with Gasteiger partial charge in [-0.05, 0) is 30.7 Å². The largest absolute Gasteiger partial charge is 0.384 e. The third-order valence-electron chi connectivity index (χ3n) is 5.73. The standard InChI is InChI=1S/C21H23F3N6O3/c22-13-2-1-3-14(8-13)27-9-12-10-29(6-4-15(12)25)11-16-18(31)21(23,24)19(33-16)30-7-5-17(26)28-20(30)32/h1-3,5,7-9,12,16,18-19,25,31H,4,6,10-11H2,(H2,26,28,32)/t12?,16-,18-,19-/m1/s1. The molecule has 12 heteroatoms. The molecule has 2 aliphatic rings. The maximum Gasteiger partial charge on any atom is 0.351 e. The summed E-state index contributed by atoms with van der Waals surface area (Å²) in [5.41, 5.74) is 5.22. The van der Waals surface area contributed by atoms with Gasteiger partial charge in [0.15, 0.2) is 0 Å². The van der Waals surface area contributed by atoms with Crippen molar-refractivity contribution in [2.45, 2.75) is 30.8 Å². The van der Waals surface area contributed by atoms with Crippen LogP contribution in [0.25, 0.3) is 0 Å². The Morgan fingerprint density at radius 2 is 2.18 bits per heavy atom. The molecule has 0 aliphatic carbocycles. The summed E-state index contributed by atoms with van der Waals surface area (Å²) in [5.74, 6) is -4.67. The molecule has 2 aliphatic heterocycles. The van der Waals surface area contributed by atoms with Crippen molar-refractivity contribution >= 4 is 23.4 Å². The molecule has 0 spiro atoms. The molecule has 0 bridgehead atoms. The molecule has 2 saturated heterocycles. The van der Waals surface area contributed by atoms with Crippen LogP contribution in [0.5, 0.6) is 0 Å². The van der Waals surface area contributed by atoms with E-state index in [9.17, 15) is 23.1 Å². The van der Waals surface area contributed by atoms with Gasteiger partial charge in [-0.1, -0.05) is 6.07 Å². The topological polar surface area (TPSA) is 130 Å². The number of alkyl halides is 2. The van der Waals surface area contributed by atoms with Crippen LogP contribution >= 0.6 is 0 Å². The summed E-state index contributed by atoms with van der Waals surface area (Å²) in [6.07, 6.45) is -2.48. The second-order valence-corrected chi connectivity index (χ2v) is 8.09. The first kappa shape index (κ1) is 23.1. The number of aliphatic hydroxyl groups is 1. The Morgan fingerprint density at radius 1 is 1.39 bits per heavy atom. The molecule has 4 atom stereocenters. The molecule has 33 heavy (non-hydrogen) atoms. The lowest BCUT2D eigenvalue weighted by atomic mass is 9.96. The van der Waals surface area contributed by atoms with Gasteiger partial charge in [-0.15, -0.1) is 0 Å². The van der Waals surface area contributed by atoms with Crippen molar-refractivity contribution in [3.8, 4) is 0 Å². The minimum absolute atomic E-state index is 0.0397. The normalized spacial score (nSPS) is 27.9. The van der Waals surface area contributed by atoms with Gasteiger partial charge in [0.2, 0.25) is 6.23 Å². The number of nitrogens with one attached hydrogen (secondary N) is 1. The zero-order valence-corrected chi connectivity index (χ0v) is 17.4. The number of aliphatic imine (C=N–C) groups is 1. The van der Waals surface area contributed by atoms with Gasteiger partial charge in [-0.2, -0.15) is 13.8 Å². The third-order valence-corrected chi connectivity index (χ3v) is 5.73. The highest BCUT2D eigenvalue weighted by Gasteiger charge is 2.59. The molecule has 9 nitrogen and oxygen atoms in total. The van der Waals surface area contributed by atoms with E-state index in [2.05, 4.69) is 9.98 Å². The number of nitrogen functional groups attached to an aromatic ring is 1. The van der Waals surface area contributed by atoms with Crippen LogP contribution in [0.3, 0.4) is 0 Å². The van der Waals surface area contributed by atoms with Crippen molar-refractivity contribution in [1.29, 1.82) is 5.41 Å². The van der Waals surface area contributed by atoms with Crippen LogP contribution in [-0.2, 0) is 4.74 Å². The van der Waals surface area contributed by atoms with Crippen molar-refractivity contribution < 1.29 is 23.0 Å². The maximum atomic E-state index is 14.8. The summed E-state index contributed by atoms with van der Waals surface area (Å²) in [5, 5.41) is 18.4. The molecule has 176 valence electrons. The highest BCUT2D eigenvalue weighted by atomic mass is 19.3. The number of anilines is 1. The molecule has 2 aromatic rings. The van der Waals surface area contributed by atoms with Gasteiger partial charge in [0.25, 0.3) is 0 Å². The molecular formula is C21H23F3N6O3. The number of halogens is 3. The first-order valence-electron chi connectivity index (χ1n) is 10.3. The second-order valence-electron chi connectivity index (χ2n) is 8.09. The summed E-state index contributed by atoms with van der Waals surface area (Å²) >= 11 is 0. The van der Waals surface area contributed by atoms with Crippen molar-refractivity contribution in [1.82, 2.24) is 14.5 Å². The van der Waals surface area contributed by atoms with Gasteiger partial charge in [0.05, 0.1) is 5.69 Å². The second kappa shape index (κ2) is 9.04. The summed E-state index contributed by atoms with van der Waals surface area (Å²) < 4.78 is 48.9. The summed E-state index contributed by atoms with van der Waals surface area (Å²) in [6.45, 7) is 0.668. The fourth-order valence-corrected chi connectivity index (χ4v) is 3.96. The van der Waals surface area contributed by atoms with E-state index >= 15 is 0 Å². The Kier molecular flexibility index (Phi) is 6.32. The van der Waals surface area contributed by atoms with E-state index in [0.29, 0.717) is 35.5 Å². The maximum absolute atomic E-state index is 14.8. The number of hydrogen-bond acceptors (Lipinski definition) is 8. The predicted molar refractivity (Wildman–Crippen MR) is 115 cm³/mol.